The first kappa shape index (κ1) is 17.3. The summed E-state index contributed by atoms with van der Waals surface area (Å²) in [7, 11) is 0. The molecular weight excluding hydrogens is 288 g/mol. The number of aromatic hydroxyl groups is 1. The average Bonchev–Trinajstić information content (AvgIpc) is 2.54. The molecule has 0 atom stereocenters. The highest BCUT2D eigenvalue weighted by Crippen LogP contribution is 2.27. The Morgan fingerprint density at radius 3 is 2.65 bits per heavy atom. The van der Waals surface area contributed by atoms with Gasteiger partial charge in [0.05, 0.1) is 5.52 Å². The van der Waals surface area contributed by atoms with Gasteiger partial charge in [-0.05, 0) is 31.4 Å². The molecule has 23 heavy (non-hydrogen) atoms. The lowest BCUT2D eigenvalue weighted by Crippen LogP contribution is -2.25. The number of unbranched alkanes of at least 4 members (excludes halogenated alkanes) is 2. The summed E-state index contributed by atoms with van der Waals surface area (Å²) in [5, 5.41) is 11.3. The number of para-hydroxylation sites is 1. The van der Waals surface area contributed by atoms with Crippen LogP contribution in [0, 0.1) is 6.92 Å². The molecule has 0 saturated heterocycles. The van der Waals surface area contributed by atoms with Gasteiger partial charge in [0.2, 0.25) is 0 Å². The molecule has 4 nitrogen and oxygen atoms in total. The molecule has 4 heteroatoms. The van der Waals surface area contributed by atoms with E-state index in [1.807, 2.05) is 25.1 Å². The first-order valence-corrected chi connectivity index (χ1v) is 8.46. The summed E-state index contributed by atoms with van der Waals surface area (Å²) < 4.78 is 1.79. The zero-order valence-electron chi connectivity index (χ0n) is 14.3. The number of fused-ring (bicyclic) bond motifs is 1. The second-order valence-corrected chi connectivity index (χ2v) is 5.93. The molecule has 1 aromatic heterocycles. The Kier molecular flexibility index (Phi) is 5.97. The van der Waals surface area contributed by atoms with Gasteiger partial charge in [-0.2, -0.15) is 0 Å². The summed E-state index contributed by atoms with van der Waals surface area (Å²) in [6.07, 6.45) is 5.52. The molecule has 124 valence electrons. The van der Waals surface area contributed by atoms with Gasteiger partial charge in [0, 0.05) is 24.7 Å². The summed E-state index contributed by atoms with van der Waals surface area (Å²) in [6, 6.07) is 5.74. The Morgan fingerprint density at radius 2 is 1.96 bits per heavy atom. The van der Waals surface area contributed by atoms with Crippen molar-refractivity contribution in [3.8, 4) is 5.75 Å². The maximum atomic E-state index is 12.8. The average molecular weight is 314 g/mol. The Bertz CT molecular complexity index is 760. The molecule has 0 spiro atoms. The number of benzene rings is 1. The van der Waals surface area contributed by atoms with Gasteiger partial charge in [-0.3, -0.25) is 9.79 Å². The summed E-state index contributed by atoms with van der Waals surface area (Å²) in [5.41, 5.74) is 1.97. The minimum absolute atomic E-state index is 0.0432. The number of aliphatic imine (C=N–C) groups is 1. The van der Waals surface area contributed by atoms with E-state index in [1.165, 1.54) is 6.21 Å². The van der Waals surface area contributed by atoms with Crippen molar-refractivity contribution in [3.63, 3.8) is 0 Å². The second-order valence-electron chi connectivity index (χ2n) is 5.93. The van der Waals surface area contributed by atoms with Crippen molar-refractivity contribution in [2.75, 3.05) is 6.54 Å². The Hall–Kier alpha value is -2.10. The summed E-state index contributed by atoms with van der Waals surface area (Å²) >= 11 is 0. The molecule has 0 aliphatic rings. The molecule has 1 heterocycles. The van der Waals surface area contributed by atoms with Crippen LogP contribution in [0.15, 0.2) is 28.0 Å². The van der Waals surface area contributed by atoms with Gasteiger partial charge in [-0.25, -0.2) is 0 Å². The lowest BCUT2D eigenvalue weighted by molar-refractivity contribution is 0.477. The summed E-state index contributed by atoms with van der Waals surface area (Å²) in [5.74, 6) is 0.0432. The Labute approximate surface area is 137 Å². The molecule has 0 aliphatic carbocycles. The molecular formula is C19H26N2O2. The SMILES string of the molecule is CCCCN=Cc1c(O)c2cccc(C)c2n(CCCC)c1=O. The molecule has 2 rings (SSSR count). The van der Waals surface area contributed by atoms with Gasteiger partial charge in [0.25, 0.3) is 5.56 Å². The van der Waals surface area contributed by atoms with E-state index in [0.717, 1.165) is 42.1 Å². The third-order valence-electron chi connectivity index (χ3n) is 4.09. The van der Waals surface area contributed by atoms with E-state index in [1.54, 1.807) is 4.57 Å². The van der Waals surface area contributed by atoms with Gasteiger partial charge < -0.3 is 9.67 Å². The largest absolute Gasteiger partial charge is 0.506 e. The number of pyridine rings is 1. The van der Waals surface area contributed by atoms with E-state index in [9.17, 15) is 9.90 Å². The lowest BCUT2D eigenvalue weighted by atomic mass is 10.1. The van der Waals surface area contributed by atoms with Crippen LogP contribution in [0.25, 0.3) is 10.9 Å². The number of nitrogens with zero attached hydrogens (tertiary/aromatic N) is 2. The molecule has 0 aliphatic heterocycles. The standard InChI is InChI=1S/C19H26N2O2/c1-4-6-11-20-13-16-18(22)15-10-8-9-14(3)17(15)21(19(16)23)12-7-5-2/h8-10,13,22H,4-7,11-12H2,1-3H3. The summed E-state index contributed by atoms with van der Waals surface area (Å²) in [6.45, 7) is 7.51. The molecule has 0 radical (unpaired) electrons. The van der Waals surface area contributed by atoms with Crippen molar-refractivity contribution in [3.05, 3.63) is 39.7 Å². The van der Waals surface area contributed by atoms with E-state index in [4.69, 9.17) is 0 Å². The van der Waals surface area contributed by atoms with Crippen molar-refractivity contribution in [2.24, 2.45) is 4.99 Å². The summed E-state index contributed by atoms with van der Waals surface area (Å²) in [4.78, 5) is 17.1. The molecule has 0 bridgehead atoms. The Morgan fingerprint density at radius 1 is 1.22 bits per heavy atom. The minimum atomic E-state index is -0.155. The maximum Gasteiger partial charge on any atom is 0.263 e. The molecule has 2 aromatic rings. The predicted octanol–water partition coefficient (Wildman–Crippen LogP) is 4.03. The zero-order chi connectivity index (χ0) is 16.8. The van der Waals surface area contributed by atoms with Crippen LogP contribution in [0.4, 0.5) is 0 Å². The normalized spacial score (nSPS) is 11.6. The van der Waals surface area contributed by atoms with Crippen LogP contribution in [0.5, 0.6) is 5.75 Å². The lowest BCUT2D eigenvalue weighted by Gasteiger charge is -2.15. The number of hydrogen-bond donors (Lipinski definition) is 1. The third kappa shape index (κ3) is 3.63. The van der Waals surface area contributed by atoms with E-state index >= 15 is 0 Å². The fraction of sp³-hybridized carbons (Fsp3) is 0.474. The fourth-order valence-corrected chi connectivity index (χ4v) is 2.75. The van der Waals surface area contributed by atoms with Crippen LogP contribution >= 0.6 is 0 Å². The van der Waals surface area contributed by atoms with Crippen LogP contribution in [-0.4, -0.2) is 22.4 Å². The quantitative estimate of drug-likeness (QED) is 0.619. The molecule has 0 unspecified atom stereocenters. The van der Waals surface area contributed by atoms with E-state index in [-0.39, 0.29) is 11.3 Å². The van der Waals surface area contributed by atoms with Crippen LogP contribution in [-0.2, 0) is 6.54 Å². The molecule has 1 aromatic carbocycles. The highest BCUT2D eigenvalue weighted by atomic mass is 16.3. The van der Waals surface area contributed by atoms with Crippen molar-refractivity contribution in [2.45, 2.75) is 53.0 Å². The van der Waals surface area contributed by atoms with Crippen molar-refractivity contribution < 1.29 is 5.11 Å². The van der Waals surface area contributed by atoms with Gasteiger partial charge >= 0.3 is 0 Å². The first-order chi connectivity index (χ1) is 11.1. The maximum absolute atomic E-state index is 12.8. The number of rotatable bonds is 7. The smallest absolute Gasteiger partial charge is 0.263 e. The van der Waals surface area contributed by atoms with Gasteiger partial charge in [0.1, 0.15) is 11.3 Å². The van der Waals surface area contributed by atoms with Gasteiger partial charge in [0.15, 0.2) is 0 Å². The number of aryl methyl sites for hydroxylation is 2. The van der Waals surface area contributed by atoms with Gasteiger partial charge in [-0.1, -0.05) is 38.8 Å². The molecule has 1 N–H and O–H groups in total. The molecule has 0 saturated carbocycles. The first-order valence-electron chi connectivity index (χ1n) is 8.46. The zero-order valence-corrected chi connectivity index (χ0v) is 14.3. The molecule has 0 fully saturated rings. The topological polar surface area (TPSA) is 54.6 Å². The second kappa shape index (κ2) is 7.95. The van der Waals surface area contributed by atoms with E-state index in [0.29, 0.717) is 18.7 Å². The van der Waals surface area contributed by atoms with Crippen molar-refractivity contribution >= 4 is 17.1 Å². The van der Waals surface area contributed by atoms with E-state index < -0.39 is 0 Å². The predicted molar refractivity (Wildman–Crippen MR) is 96.9 cm³/mol. The van der Waals surface area contributed by atoms with Gasteiger partial charge in [-0.15, -0.1) is 0 Å². The number of aromatic nitrogens is 1. The fourth-order valence-electron chi connectivity index (χ4n) is 2.75. The monoisotopic (exact) mass is 314 g/mol. The number of hydrogen-bond acceptors (Lipinski definition) is 3. The van der Waals surface area contributed by atoms with Crippen molar-refractivity contribution in [1.29, 1.82) is 0 Å². The van der Waals surface area contributed by atoms with Crippen LogP contribution in [0.3, 0.4) is 0 Å². The highest BCUT2D eigenvalue weighted by Gasteiger charge is 2.15. The van der Waals surface area contributed by atoms with E-state index in [2.05, 4.69) is 18.8 Å². The highest BCUT2D eigenvalue weighted by molar-refractivity contribution is 5.96. The van der Waals surface area contributed by atoms with Crippen LogP contribution in [0.1, 0.15) is 50.7 Å². The Balaban J connectivity index is 2.64. The van der Waals surface area contributed by atoms with Crippen LogP contribution in [0.2, 0.25) is 0 Å². The van der Waals surface area contributed by atoms with Crippen molar-refractivity contribution in [1.82, 2.24) is 4.57 Å². The van der Waals surface area contributed by atoms with Crippen LogP contribution < -0.4 is 5.56 Å². The minimum Gasteiger partial charge on any atom is -0.506 e. The third-order valence-corrected chi connectivity index (χ3v) is 4.09. The molecule has 0 amide bonds.